The molecular formula is C16H14N4O7S. The van der Waals surface area contributed by atoms with Crippen LogP contribution < -0.4 is 19.6 Å². The molecule has 146 valence electrons. The first-order valence-corrected chi connectivity index (χ1v) is 9.30. The number of rotatable bonds is 7. The van der Waals surface area contributed by atoms with Crippen molar-refractivity contribution in [2.24, 2.45) is 5.10 Å². The third-order valence-corrected chi connectivity index (χ3v) is 5.00. The summed E-state index contributed by atoms with van der Waals surface area (Å²) in [5.41, 5.74) is 1.90. The van der Waals surface area contributed by atoms with Crippen molar-refractivity contribution in [3.8, 4) is 11.5 Å². The highest BCUT2D eigenvalue weighted by Crippen LogP contribution is 2.37. The molecular weight excluding hydrogens is 392 g/mol. The topological polar surface area (TPSA) is 149 Å². The van der Waals surface area contributed by atoms with Gasteiger partial charge in [-0.05, 0) is 18.2 Å². The van der Waals surface area contributed by atoms with Crippen molar-refractivity contribution in [1.29, 1.82) is 0 Å². The summed E-state index contributed by atoms with van der Waals surface area (Å²) < 4.78 is 36.4. The Labute approximate surface area is 159 Å². The molecule has 11 nitrogen and oxygen atoms in total. The predicted molar refractivity (Wildman–Crippen MR) is 96.6 cm³/mol. The molecule has 1 amide bonds. The number of carbonyl (C=O) groups is 1. The van der Waals surface area contributed by atoms with Gasteiger partial charge in [0.25, 0.3) is 11.6 Å². The van der Waals surface area contributed by atoms with Gasteiger partial charge in [0.15, 0.2) is 11.5 Å². The molecule has 2 N–H and O–H groups in total. The van der Waals surface area contributed by atoms with Crippen molar-refractivity contribution in [2.75, 3.05) is 13.3 Å². The van der Waals surface area contributed by atoms with Crippen LogP contribution in [0.3, 0.4) is 0 Å². The van der Waals surface area contributed by atoms with Gasteiger partial charge in [-0.25, -0.2) is 18.6 Å². The second kappa shape index (κ2) is 8.02. The van der Waals surface area contributed by atoms with Gasteiger partial charge in [0.05, 0.1) is 34.2 Å². The number of fused-ring (bicyclic) bond motifs is 1. The minimum atomic E-state index is -3.84. The van der Waals surface area contributed by atoms with E-state index in [-0.39, 0.29) is 28.7 Å². The maximum Gasteiger partial charge on any atom is 0.282 e. The zero-order valence-electron chi connectivity index (χ0n) is 14.2. The van der Waals surface area contributed by atoms with E-state index < -0.39 is 27.4 Å². The number of benzene rings is 2. The lowest BCUT2D eigenvalue weighted by Gasteiger charge is -2.05. The normalized spacial score (nSPS) is 12.9. The van der Waals surface area contributed by atoms with Gasteiger partial charge in [0, 0.05) is 0 Å². The van der Waals surface area contributed by atoms with Crippen molar-refractivity contribution in [2.45, 2.75) is 4.90 Å². The number of ether oxygens (including phenoxy) is 2. The highest BCUT2D eigenvalue weighted by atomic mass is 32.2. The van der Waals surface area contributed by atoms with Crippen LogP contribution in [0.15, 0.2) is 52.5 Å². The molecule has 0 atom stereocenters. The standard InChI is InChI=1S/C16H14N4O7S/c21-16(9-18-28(24,25)12-4-2-1-3-5-12)19-17-8-11-6-14-15(27-10-26-14)7-13(11)20(22)23/h1-8,18H,9-10H2,(H,19,21)/b17-8+. The highest BCUT2D eigenvalue weighted by Gasteiger charge is 2.22. The highest BCUT2D eigenvalue weighted by molar-refractivity contribution is 7.89. The number of hydrazone groups is 1. The average Bonchev–Trinajstić information content (AvgIpc) is 3.14. The first-order valence-electron chi connectivity index (χ1n) is 7.81. The molecule has 0 aromatic heterocycles. The molecule has 2 aromatic rings. The van der Waals surface area contributed by atoms with Gasteiger partial charge in [0.1, 0.15) is 0 Å². The van der Waals surface area contributed by atoms with Crippen molar-refractivity contribution in [3.05, 3.63) is 58.1 Å². The van der Waals surface area contributed by atoms with Gasteiger partial charge in [0.2, 0.25) is 16.8 Å². The fraction of sp³-hybridized carbons (Fsp3) is 0.125. The van der Waals surface area contributed by atoms with E-state index in [1.54, 1.807) is 18.2 Å². The zero-order chi connectivity index (χ0) is 20.1. The molecule has 1 heterocycles. The number of carbonyl (C=O) groups excluding carboxylic acids is 1. The second-order valence-electron chi connectivity index (χ2n) is 5.45. The van der Waals surface area contributed by atoms with Crippen molar-refractivity contribution < 1.29 is 27.6 Å². The number of hydrogen-bond acceptors (Lipinski definition) is 8. The summed E-state index contributed by atoms with van der Waals surface area (Å²) >= 11 is 0. The maximum atomic E-state index is 12.0. The fourth-order valence-electron chi connectivity index (χ4n) is 2.27. The van der Waals surface area contributed by atoms with Gasteiger partial charge in [-0.1, -0.05) is 18.2 Å². The van der Waals surface area contributed by atoms with Gasteiger partial charge in [-0.15, -0.1) is 0 Å². The SMILES string of the molecule is O=C(CNS(=O)(=O)c1ccccc1)N/N=C/c1cc2c(cc1[N+](=O)[O-])OCO2. The summed E-state index contributed by atoms with van der Waals surface area (Å²) in [7, 11) is -3.84. The van der Waals surface area contributed by atoms with E-state index in [1.165, 1.54) is 24.3 Å². The smallest absolute Gasteiger partial charge is 0.282 e. The third-order valence-electron chi connectivity index (χ3n) is 3.59. The summed E-state index contributed by atoms with van der Waals surface area (Å²) in [5.74, 6) is -0.198. The van der Waals surface area contributed by atoms with E-state index in [0.717, 1.165) is 6.21 Å². The summed E-state index contributed by atoms with van der Waals surface area (Å²) in [6, 6.07) is 10.1. The third kappa shape index (κ3) is 4.42. The molecule has 28 heavy (non-hydrogen) atoms. The Hall–Kier alpha value is -3.51. The van der Waals surface area contributed by atoms with E-state index in [9.17, 15) is 23.3 Å². The van der Waals surface area contributed by atoms with E-state index >= 15 is 0 Å². The lowest BCUT2D eigenvalue weighted by atomic mass is 10.1. The predicted octanol–water partition coefficient (Wildman–Crippen LogP) is 0.752. The molecule has 2 aromatic carbocycles. The number of amides is 1. The first kappa shape index (κ1) is 19.3. The number of sulfonamides is 1. The molecule has 0 aliphatic carbocycles. The van der Waals surface area contributed by atoms with Gasteiger partial charge in [-0.2, -0.15) is 5.10 Å². The largest absolute Gasteiger partial charge is 0.454 e. The molecule has 0 saturated heterocycles. The molecule has 3 rings (SSSR count). The van der Waals surface area contributed by atoms with Crippen molar-refractivity contribution in [1.82, 2.24) is 10.1 Å². The van der Waals surface area contributed by atoms with E-state index in [0.29, 0.717) is 5.75 Å². The van der Waals surface area contributed by atoms with Gasteiger partial charge >= 0.3 is 0 Å². The Morgan fingerprint density at radius 2 is 1.89 bits per heavy atom. The summed E-state index contributed by atoms with van der Waals surface area (Å²) in [6.07, 6.45) is 1.06. The second-order valence-corrected chi connectivity index (χ2v) is 7.22. The summed E-state index contributed by atoms with van der Waals surface area (Å²) in [5, 5.41) is 14.8. The number of nitrogens with one attached hydrogen (secondary N) is 2. The van der Waals surface area contributed by atoms with E-state index in [2.05, 4.69) is 15.2 Å². The molecule has 1 aliphatic rings. The minimum Gasteiger partial charge on any atom is -0.454 e. The molecule has 0 bridgehead atoms. The zero-order valence-corrected chi connectivity index (χ0v) is 15.0. The van der Waals surface area contributed by atoms with Crippen LogP contribution in [0.5, 0.6) is 11.5 Å². The fourth-order valence-corrected chi connectivity index (χ4v) is 3.27. The van der Waals surface area contributed by atoms with Crippen LogP contribution in [0.1, 0.15) is 5.56 Å². The van der Waals surface area contributed by atoms with Crippen LogP contribution in [0.4, 0.5) is 5.69 Å². The van der Waals surface area contributed by atoms with Gasteiger partial charge < -0.3 is 9.47 Å². The number of nitro benzene ring substituents is 1. The van der Waals surface area contributed by atoms with Crippen LogP contribution >= 0.6 is 0 Å². The van der Waals surface area contributed by atoms with Gasteiger partial charge in [-0.3, -0.25) is 14.9 Å². The Kier molecular flexibility index (Phi) is 5.52. The maximum absolute atomic E-state index is 12.0. The molecule has 0 fully saturated rings. The Morgan fingerprint density at radius 1 is 1.21 bits per heavy atom. The van der Waals surface area contributed by atoms with Crippen LogP contribution in [-0.2, 0) is 14.8 Å². The lowest BCUT2D eigenvalue weighted by molar-refractivity contribution is -0.385. The minimum absolute atomic E-state index is 0.0160. The molecule has 1 aliphatic heterocycles. The molecule has 0 saturated carbocycles. The molecule has 0 radical (unpaired) electrons. The van der Waals surface area contributed by atoms with Crippen molar-refractivity contribution >= 4 is 27.8 Å². The number of nitro groups is 1. The van der Waals surface area contributed by atoms with Crippen LogP contribution in [0, 0.1) is 10.1 Å². The average molecular weight is 406 g/mol. The summed E-state index contributed by atoms with van der Waals surface area (Å²) in [4.78, 5) is 22.3. The van der Waals surface area contributed by atoms with Crippen LogP contribution in [0.2, 0.25) is 0 Å². The van der Waals surface area contributed by atoms with E-state index in [4.69, 9.17) is 9.47 Å². The van der Waals surface area contributed by atoms with Crippen LogP contribution in [-0.4, -0.2) is 38.8 Å². The summed E-state index contributed by atoms with van der Waals surface area (Å²) in [6.45, 7) is -0.608. The number of nitrogens with zero attached hydrogens (tertiary/aromatic N) is 2. The van der Waals surface area contributed by atoms with Crippen molar-refractivity contribution in [3.63, 3.8) is 0 Å². The Bertz CT molecular complexity index is 1040. The number of hydrogen-bond donors (Lipinski definition) is 2. The quantitative estimate of drug-likeness (QED) is 0.391. The lowest BCUT2D eigenvalue weighted by Crippen LogP contribution is -2.34. The molecule has 0 unspecified atom stereocenters. The Morgan fingerprint density at radius 3 is 2.57 bits per heavy atom. The van der Waals surface area contributed by atoms with E-state index in [1.807, 2.05) is 0 Å². The molecule has 12 heteroatoms. The molecule has 0 spiro atoms. The Balaban J connectivity index is 1.62. The van der Waals surface area contributed by atoms with Crippen LogP contribution in [0.25, 0.3) is 0 Å². The first-order chi connectivity index (χ1) is 13.4. The monoisotopic (exact) mass is 406 g/mol.